The van der Waals surface area contributed by atoms with E-state index >= 15 is 0 Å². The van der Waals surface area contributed by atoms with Gasteiger partial charge < -0.3 is 0 Å². The zero-order valence-corrected chi connectivity index (χ0v) is 11.2. The minimum Gasteiger partial charge on any atom is -0.298 e. The van der Waals surface area contributed by atoms with Gasteiger partial charge in [0.1, 0.15) is 0 Å². The molecule has 1 heterocycles. The van der Waals surface area contributed by atoms with Gasteiger partial charge in [-0.1, -0.05) is 6.92 Å². The molecule has 1 atom stereocenters. The molecule has 3 nitrogen and oxygen atoms in total. The maximum Gasteiger partial charge on any atom is 0.0666 e. The molecule has 1 unspecified atom stereocenters. The molecule has 0 radical (unpaired) electrons. The number of aromatic nitrogens is 1. The number of rotatable bonds is 5. The van der Waals surface area contributed by atoms with Crippen LogP contribution in [0.25, 0.3) is 0 Å². The molecule has 86 valence electrons. The van der Waals surface area contributed by atoms with Crippen molar-refractivity contribution in [3.05, 3.63) is 28.5 Å². The van der Waals surface area contributed by atoms with Gasteiger partial charge in [0.05, 0.1) is 12.0 Å². The van der Waals surface area contributed by atoms with Crippen molar-refractivity contribution in [2.45, 2.75) is 20.4 Å². The molecule has 0 bridgehead atoms. The molecule has 16 heavy (non-hydrogen) atoms. The molecule has 1 aromatic heterocycles. The van der Waals surface area contributed by atoms with Crippen LogP contribution in [0.2, 0.25) is 0 Å². The first kappa shape index (κ1) is 13.1. The largest absolute Gasteiger partial charge is 0.298 e. The van der Waals surface area contributed by atoms with Crippen molar-refractivity contribution < 1.29 is 0 Å². The van der Waals surface area contributed by atoms with E-state index in [9.17, 15) is 0 Å². The summed E-state index contributed by atoms with van der Waals surface area (Å²) in [6.07, 6.45) is 3.64. The third-order valence-electron chi connectivity index (χ3n) is 2.37. The van der Waals surface area contributed by atoms with Gasteiger partial charge in [-0.05, 0) is 41.0 Å². The molecule has 0 amide bonds. The van der Waals surface area contributed by atoms with E-state index in [1.807, 2.05) is 13.1 Å². The monoisotopic (exact) mass is 281 g/mol. The van der Waals surface area contributed by atoms with Gasteiger partial charge in [0.2, 0.25) is 0 Å². The average molecular weight is 282 g/mol. The number of nitriles is 1. The maximum absolute atomic E-state index is 8.79. The van der Waals surface area contributed by atoms with Crippen molar-refractivity contribution in [1.82, 2.24) is 9.88 Å². The smallest absolute Gasteiger partial charge is 0.0666 e. The van der Waals surface area contributed by atoms with Gasteiger partial charge >= 0.3 is 0 Å². The number of halogens is 1. The Balaban J connectivity index is 2.60. The lowest BCUT2D eigenvalue weighted by atomic mass is 10.2. The first-order valence-electron chi connectivity index (χ1n) is 5.37. The van der Waals surface area contributed by atoms with Crippen molar-refractivity contribution in [1.29, 1.82) is 5.26 Å². The van der Waals surface area contributed by atoms with E-state index < -0.39 is 0 Å². The van der Waals surface area contributed by atoms with Crippen LogP contribution in [0.5, 0.6) is 0 Å². The lowest BCUT2D eigenvalue weighted by Crippen LogP contribution is -2.27. The van der Waals surface area contributed by atoms with E-state index in [2.05, 4.69) is 44.9 Å². The fourth-order valence-corrected chi connectivity index (χ4v) is 1.95. The van der Waals surface area contributed by atoms with E-state index in [0.717, 1.165) is 24.1 Å². The Morgan fingerprint density at radius 1 is 1.56 bits per heavy atom. The highest BCUT2D eigenvalue weighted by molar-refractivity contribution is 9.10. The number of hydrogen-bond acceptors (Lipinski definition) is 3. The first-order valence-corrected chi connectivity index (χ1v) is 6.16. The Labute approximate surface area is 105 Å². The van der Waals surface area contributed by atoms with Crippen LogP contribution in [-0.2, 0) is 6.54 Å². The SMILES string of the molecule is CCN(Cc1cncc(Br)c1)CC(C)C#N. The normalized spacial score (nSPS) is 12.4. The standard InChI is InChI=1S/C12H16BrN3/c1-3-16(8-10(2)5-14)9-11-4-12(13)7-15-6-11/h4,6-7,10H,3,8-9H2,1-2H3. The minimum absolute atomic E-state index is 0.0695. The zero-order valence-electron chi connectivity index (χ0n) is 9.65. The Morgan fingerprint density at radius 3 is 2.88 bits per heavy atom. The highest BCUT2D eigenvalue weighted by atomic mass is 79.9. The molecule has 0 aromatic carbocycles. The second-order valence-corrected chi connectivity index (χ2v) is 4.78. The molecule has 4 heteroatoms. The van der Waals surface area contributed by atoms with E-state index in [1.165, 1.54) is 5.56 Å². The highest BCUT2D eigenvalue weighted by Crippen LogP contribution is 2.12. The Bertz CT molecular complexity index is 373. The van der Waals surface area contributed by atoms with Gasteiger partial charge in [-0.3, -0.25) is 9.88 Å². The summed E-state index contributed by atoms with van der Waals surface area (Å²) in [4.78, 5) is 6.38. The van der Waals surface area contributed by atoms with Gasteiger partial charge in [-0.2, -0.15) is 5.26 Å². The number of pyridine rings is 1. The lowest BCUT2D eigenvalue weighted by molar-refractivity contribution is 0.260. The summed E-state index contributed by atoms with van der Waals surface area (Å²) in [5, 5.41) is 8.79. The molecule has 0 N–H and O–H groups in total. The van der Waals surface area contributed by atoms with Crippen LogP contribution in [0.1, 0.15) is 19.4 Å². The van der Waals surface area contributed by atoms with Crippen LogP contribution in [0.4, 0.5) is 0 Å². The van der Waals surface area contributed by atoms with Crippen molar-refractivity contribution in [2.24, 2.45) is 5.92 Å². The number of nitrogens with zero attached hydrogens (tertiary/aromatic N) is 3. The second-order valence-electron chi connectivity index (χ2n) is 3.87. The Morgan fingerprint density at radius 2 is 2.31 bits per heavy atom. The van der Waals surface area contributed by atoms with E-state index in [-0.39, 0.29) is 5.92 Å². The van der Waals surface area contributed by atoms with Crippen LogP contribution < -0.4 is 0 Å². The summed E-state index contributed by atoms with van der Waals surface area (Å²) in [5.41, 5.74) is 1.17. The van der Waals surface area contributed by atoms with Gasteiger partial charge in [-0.25, -0.2) is 0 Å². The molecule has 0 aliphatic rings. The highest BCUT2D eigenvalue weighted by Gasteiger charge is 2.08. The quantitative estimate of drug-likeness (QED) is 0.833. The molecular weight excluding hydrogens is 266 g/mol. The van der Waals surface area contributed by atoms with Crippen LogP contribution in [0.3, 0.4) is 0 Å². The fourth-order valence-electron chi connectivity index (χ4n) is 1.53. The summed E-state index contributed by atoms with van der Waals surface area (Å²) in [7, 11) is 0. The molecule has 1 rings (SSSR count). The molecule has 0 fully saturated rings. The predicted molar refractivity (Wildman–Crippen MR) is 67.7 cm³/mol. The molecule has 0 saturated carbocycles. The molecule has 0 spiro atoms. The molecule has 1 aromatic rings. The summed E-state index contributed by atoms with van der Waals surface area (Å²) in [6.45, 7) is 6.64. The first-order chi connectivity index (χ1) is 7.65. The average Bonchev–Trinajstić information content (AvgIpc) is 2.28. The van der Waals surface area contributed by atoms with Gasteiger partial charge in [-0.15, -0.1) is 0 Å². The minimum atomic E-state index is 0.0695. The van der Waals surface area contributed by atoms with Crippen molar-refractivity contribution >= 4 is 15.9 Å². The van der Waals surface area contributed by atoms with Gasteiger partial charge in [0.25, 0.3) is 0 Å². The zero-order chi connectivity index (χ0) is 12.0. The summed E-state index contributed by atoms with van der Waals surface area (Å²) >= 11 is 3.41. The molecule has 0 aliphatic carbocycles. The number of hydrogen-bond donors (Lipinski definition) is 0. The maximum atomic E-state index is 8.79. The van der Waals surface area contributed by atoms with Crippen LogP contribution in [-0.4, -0.2) is 23.0 Å². The van der Waals surface area contributed by atoms with Gasteiger partial charge in [0, 0.05) is 30.0 Å². The van der Waals surface area contributed by atoms with Crippen molar-refractivity contribution in [2.75, 3.05) is 13.1 Å². The molecule has 0 saturated heterocycles. The van der Waals surface area contributed by atoms with Crippen molar-refractivity contribution in [3.63, 3.8) is 0 Å². The van der Waals surface area contributed by atoms with Crippen LogP contribution in [0.15, 0.2) is 22.9 Å². The summed E-state index contributed by atoms with van der Waals surface area (Å²) in [5.74, 6) is 0.0695. The van der Waals surface area contributed by atoms with E-state index in [4.69, 9.17) is 5.26 Å². The third kappa shape index (κ3) is 4.30. The molecule has 0 aliphatic heterocycles. The van der Waals surface area contributed by atoms with Gasteiger partial charge in [0.15, 0.2) is 0 Å². The third-order valence-corrected chi connectivity index (χ3v) is 2.80. The Hall–Kier alpha value is -0.920. The summed E-state index contributed by atoms with van der Waals surface area (Å²) in [6, 6.07) is 4.32. The Kier molecular flexibility index (Phi) is 5.44. The van der Waals surface area contributed by atoms with Crippen LogP contribution in [0, 0.1) is 17.2 Å². The fraction of sp³-hybridized carbons (Fsp3) is 0.500. The topological polar surface area (TPSA) is 39.9 Å². The second kappa shape index (κ2) is 6.62. The molecular formula is C12H16BrN3. The summed E-state index contributed by atoms with van der Waals surface area (Å²) < 4.78 is 0.995. The van der Waals surface area contributed by atoms with Crippen molar-refractivity contribution in [3.8, 4) is 6.07 Å². The van der Waals surface area contributed by atoms with Crippen LogP contribution >= 0.6 is 15.9 Å². The lowest BCUT2D eigenvalue weighted by Gasteiger charge is -2.21. The van der Waals surface area contributed by atoms with E-state index in [0.29, 0.717) is 0 Å². The predicted octanol–water partition coefficient (Wildman–Crippen LogP) is 2.83. The van der Waals surface area contributed by atoms with E-state index in [1.54, 1.807) is 6.20 Å².